The van der Waals surface area contributed by atoms with Crippen LogP contribution >= 0.6 is 11.8 Å². The number of furan rings is 1. The summed E-state index contributed by atoms with van der Waals surface area (Å²) in [5.74, 6) is -0.597. The standard InChI is InChI=1S/C27H24N4O3S/c1-18-24(26(33)31-20-11-6-3-7-12-20)25(22-13-8-14-34-22)21(15-28)27(30-18)35-17-23(32)29-16-19-9-4-2-5-10-19/h2-14,25,30H,16-17H2,1H3,(H,29,32)(H,31,33). The zero-order valence-electron chi connectivity index (χ0n) is 19.1. The number of para-hydroxylation sites is 1. The van der Waals surface area contributed by atoms with Crippen LogP contribution in [0.3, 0.4) is 0 Å². The maximum Gasteiger partial charge on any atom is 0.254 e. The molecule has 1 unspecified atom stereocenters. The van der Waals surface area contributed by atoms with Crippen molar-refractivity contribution in [1.82, 2.24) is 10.6 Å². The molecule has 2 amide bonds. The average Bonchev–Trinajstić information content (AvgIpc) is 3.41. The Hall–Kier alpha value is -4.22. The van der Waals surface area contributed by atoms with Crippen LogP contribution in [0.15, 0.2) is 105 Å². The van der Waals surface area contributed by atoms with Crippen LogP contribution in [0.5, 0.6) is 0 Å². The number of rotatable bonds is 8. The predicted molar refractivity (Wildman–Crippen MR) is 136 cm³/mol. The third kappa shape index (κ3) is 5.83. The van der Waals surface area contributed by atoms with Crippen LogP contribution in [0.25, 0.3) is 0 Å². The van der Waals surface area contributed by atoms with Crippen LogP contribution in [0.4, 0.5) is 5.69 Å². The molecule has 35 heavy (non-hydrogen) atoms. The van der Waals surface area contributed by atoms with E-state index in [0.29, 0.717) is 39.9 Å². The van der Waals surface area contributed by atoms with Gasteiger partial charge in [0.1, 0.15) is 5.76 Å². The first-order chi connectivity index (χ1) is 17.1. The Morgan fingerprint density at radius 3 is 2.43 bits per heavy atom. The smallest absolute Gasteiger partial charge is 0.254 e. The number of carbonyl (C=O) groups is 2. The van der Waals surface area contributed by atoms with E-state index in [1.807, 2.05) is 48.5 Å². The number of hydrogen-bond donors (Lipinski definition) is 3. The van der Waals surface area contributed by atoms with Gasteiger partial charge in [0, 0.05) is 17.9 Å². The number of nitrogens with one attached hydrogen (secondary N) is 3. The van der Waals surface area contributed by atoms with Gasteiger partial charge in [0.15, 0.2) is 0 Å². The van der Waals surface area contributed by atoms with Crippen molar-refractivity contribution in [3.63, 3.8) is 0 Å². The minimum Gasteiger partial charge on any atom is -0.468 e. The Bertz CT molecular complexity index is 1290. The number of nitriles is 1. The van der Waals surface area contributed by atoms with Crippen molar-refractivity contribution in [2.75, 3.05) is 11.1 Å². The van der Waals surface area contributed by atoms with E-state index in [-0.39, 0.29) is 17.6 Å². The summed E-state index contributed by atoms with van der Waals surface area (Å²) < 4.78 is 5.63. The predicted octanol–water partition coefficient (Wildman–Crippen LogP) is 4.66. The molecule has 4 rings (SSSR count). The fraction of sp³-hybridized carbons (Fsp3) is 0.148. The van der Waals surface area contributed by atoms with Gasteiger partial charge in [0.25, 0.3) is 5.91 Å². The molecule has 8 heteroatoms. The fourth-order valence-corrected chi connectivity index (χ4v) is 4.69. The summed E-state index contributed by atoms with van der Waals surface area (Å²) in [5.41, 5.74) is 2.95. The van der Waals surface area contributed by atoms with Gasteiger partial charge < -0.3 is 20.4 Å². The van der Waals surface area contributed by atoms with Crippen LogP contribution in [-0.4, -0.2) is 17.6 Å². The lowest BCUT2D eigenvalue weighted by molar-refractivity contribution is -0.118. The molecule has 3 aromatic rings. The Labute approximate surface area is 207 Å². The first-order valence-corrected chi connectivity index (χ1v) is 12.0. The molecule has 1 aliphatic heterocycles. The van der Waals surface area contributed by atoms with Gasteiger partial charge in [-0.1, -0.05) is 60.3 Å². The number of carbonyl (C=O) groups excluding carboxylic acids is 2. The molecule has 1 aromatic heterocycles. The van der Waals surface area contributed by atoms with Crippen molar-refractivity contribution in [1.29, 1.82) is 5.26 Å². The maximum absolute atomic E-state index is 13.3. The van der Waals surface area contributed by atoms with Crippen molar-refractivity contribution in [2.24, 2.45) is 0 Å². The van der Waals surface area contributed by atoms with Crippen LogP contribution in [-0.2, 0) is 16.1 Å². The molecular weight excluding hydrogens is 460 g/mol. The molecule has 1 aliphatic rings. The average molecular weight is 485 g/mol. The highest BCUT2D eigenvalue weighted by molar-refractivity contribution is 8.03. The fourth-order valence-electron chi connectivity index (χ4n) is 3.77. The molecule has 0 aliphatic carbocycles. The molecule has 176 valence electrons. The van der Waals surface area contributed by atoms with E-state index in [2.05, 4.69) is 22.0 Å². The Kier molecular flexibility index (Phi) is 7.70. The number of benzene rings is 2. The number of dihydropyridines is 1. The molecule has 2 aromatic carbocycles. The molecule has 1 atom stereocenters. The van der Waals surface area contributed by atoms with Crippen molar-refractivity contribution >= 4 is 29.3 Å². The molecule has 0 radical (unpaired) electrons. The zero-order chi connectivity index (χ0) is 24.6. The highest BCUT2D eigenvalue weighted by Crippen LogP contribution is 2.41. The summed E-state index contributed by atoms with van der Waals surface area (Å²) in [6.07, 6.45) is 1.51. The first kappa shape index (κ1) is 23.9. The summed E-state index contributed by atoms with van der Waals surface area (Å²) in [7, 11) is 0. The summed E-state index contributed by atoms with van der Waals surface area (Å²) >= 11 is 1.22. The van der Waals surface area contributed by atoms with Crippen molar-refractivity contribution in [3.8, 4) is 6.07 Å². The van der Waals surface area contributed by atoms with Crippen molar-refractivity contribution in [2.45, 2.75) is 19.4 Å². The lowest BCUT2D eigenvalue weighted by Gasteiger charge is -2.28. The van der Waals surface area contributed by atoms with E-state index in [9.17, 15) is 14.9 Å². The SMILES string of the molecule is CC1=C(C(=O)Nc2ccccc2)C(c2ccco2)C(C#N)=C(SCC(=O)NCc2ccccc2)N1. The third-order valence-corrected chi connectivity index (χ3v) is 6.45. The number of amides is 2. The van der Waals surface area contributed by atoms with Gasteiger partial charge in [0.2, 0.25) is 5.91 Å². The van der Waals surface area contributed by atoms with E-state index < -0.39 is 5.92 Å². The van der Waals surface area contributed by atoms with Crippen LogP contribution in [0.1, 0.15) is 24.2 Å². The van der Waals surface area contributed by atoms with Gasteiger partial charge in [0.05, 0.1) is 40.2 Å². The minimum absolute atomic E-state index is 0.115. The van der Waals surface area contributed by atoms with Gasteiger partial charge >= 0.3 is 0 Å². The van der Waals surface area contributed by atoms with Gasteiger partial charge in [-0.25, -0.2) is 0 Å². The monoisotopic (exact) mass is 484 g/mol. The first-order valence-electron chi connectivity index (χ1n) is 11.0. The summed E-state index contributed by atoms with van der Waals surface area (Å²) in [6, 6.07) is 24.5. The Morgan fingerprint density at radius 1 is 1.06 bits per heavy atom. The number of allylic oxidation sites excluding steroid dienone is 2. The molecule has 0 spiro atoms. The normalized spacial score (nSPS) is 15.3. The topological polar surface area (TPSA) is 107 Å². The van der Waals surface area contributed by atoms with Crippen LogP contribution < -0.4 is 16.0 Å². The van der Waals surface area contributed by atoms with E-state index >= 15 is 0 Å². The van der Waals surface area contributed by atoms with E-state index in [4.69, 9.17) is 4.42 Å². The molecule has 0 saturated carbocycles. The van der Waals surface area contributed by atoms with E-state index in [1.54, 1.807) is 31.2 Å². The molecule has 3 N–H and O–H groups in total. The number of thioether (sulfide) groups is 1. The largest absolute Gasteiger partial charge is 0.468 e. The lowest BCUT2D eigenvalue weighted by atomic mass is 9.85. The number of hydrogen-bond acceptors (Lipinski definition) is 6. The molecule has 2 heterocycles. The summed E-state index contributed by atoms with van der Waals surface area (Å²) in [5, 5.41) is 19.5. The zero-order valence-corrected chi connectivity index (χ0v) is 19.9. The van der Waals surface area contributed by atoms with Gasteiger partial charge in [-0.3, -0.25) is 9.59 Å². The molecular formula is C27H24N4O3S. The molecule has 0 bridgehead atoms. The van der Waals surface area contributed by atoms with Crippen molar-refractivity contribution in [3.05, 3.63) is 112 Å². The van der Waals surface area contributed by atoms with E-state index in [1.165, 1.54) is 18.0 Å². The van der Waals surface area contributed by atoms with Crippen LogP contribution in [0.2, 0.25) is 0 Å². The summed E-state index contributed by atoms with van der Waals surface area (Å²) in [6.45, 7) is 2.20. The molecule has 0 saturated heterocycles. The Morgan fingerprint density at radius 2 is 1.77 bits per heavy atom. The van der Waals surface area contributed by atoms with Gasteiger partial charge in [-0.15, -0.1) is 0 Å². The van der Waals surface area contributed by atoms with Crippen LogP contribution in [0, 0.1) is 11.3 Å². The second-order valence-corrected chi connectivity index (χ2v) is 8.82. The van der Waals surface area contributed by atoms with Gasteiger partial charge in [-0.05, 0) is 36.8 Å². The second-order valence-electron chi connectivity index (χ2n) is 7.84. The van der Waals surface area contributed by atoms with E-state index in [0.717, 1.165) is 5.56 Å². The summed E-state index contributed by atoms with van der Waals surface area (Å²) in [4.78, 5) is 25.7. The lowest BCUT2D eigenvalue weighted by Crippen LogP contribution is -2.31. The quantitative estimate of drug-likeness (QED) is 0.429. The Balaban J connectivity index is 1.53. The maximum atomic E-state index is 13.3. The molecule has 7 nitrogen and oxygen atoms in total. The number of anilines is 1. The highest BCUT2D eigenvalue weighted by atomic mass is 32.2. The highest BCUT2D eigenvalue weighted by Gasteiger charge is 2.36. The second kappa shape index (κ2) is 11.3. The minimum atomic E-state index is -0.699. The number of nitrogens with zero attached hydrogens (tertiary/aromatic N) is 1. The molecule has 0 fully saturated rings. The van der Waals surface area contributed by atoms with Gasteiger partial charge in [-0.2, -0.15) is 5.26 Å². The van der Waals surface area contributed by atoms with Crippen molar-refractivity contribution < 1.29 is 14.0 Å². The third-order valence-electron chi connectivity index (χ3n) is 5.43.